The summed E-state index contributed by atoms with van der Waals surface area (Å²) in [7, 11) is 0. The maximum Gasteiger partial charge on any atom is 0.313 e. The molecule has 2 rings (SSSR count). The van der Waals surface area contributed by atoms with Crippen molar-refractivity contribution in [3.8, 4) is 0 Å². The Kier molecular flexibility index (Phi) is 2.83. The fraction of sp³-hybridized carbons (Fsp3) is 0.769. The zero-order valence-corrected chi connectivity index (χ0v) is 10.2. The molecule has 2 N–H and O–H groups in total. The number of aliphatic carboxylic acids is 1. The van der Waals surface area contributed by atoms with Crippen molar-refractivity contribution in [1.29, 1.82) is 0 Å². The molecule has 0 unspecified atom stereocenters. The van der Waals surface area contributed by atoms with E-state index < -0.39 is 22.6 Å². The van der Waals surface area contributed by atoms with E-state index >= 15 is 0 Å². The Morgan fingerprint density at radius 1 is 1.53 bits per heavy atom. The van der Waals surface area contributed by atoms with Crippen LogP contribution >= 0.6 is 0 Å². The number of carboxylic acid groups (broad SMARTS) is 1. The highest BCUT2D eigenvalue weighted by molar-refractivity contribution is 5.78. The monoisotopic (exact) mass is 240 g/mol. The Bertz CT molecular complexity index is 349. The van der Waals surface area contributed by atoms with Crippen LogP contribution in [0, 0.1) is 5.41 Å². The van der Waals surface area contributed by atoms with Crippen LogP contribution in [0.15, 0.2) is 12.7 Å². The average molecular weight is 240 g/mol. The van der Waals surface area contributed by atoms with Crippen LogP contribution in [0.2, 0.25) is 0 Å². The first-order chi connectivity index (χ1) is 8.00. The zero-order chi connectivity index (χ0) is 12.7. The average Bonchev–Trinajstić information content (AvgIpc) is 2.56. The van der Waals surface area contributed by atoms with Gasteiger partial charge in [-0.25, -0.2) is 0 Å². The molecule has 4 heteroatoms. The largest absolute Gasteiger partial charge is 0.481 e. The van der Waals surface area contributed by atoms with Crippen molar-refractivity contribution in [2.24, 2.45) is 5.41 Å². The second-order valence-corrected chi connectivity index (χ2v) is 5.31. The SMILES string of the molecule is C=C[C@]1(CC)O[C@]2(CO)CCC[C@@]1(C(=O)O)C2. The highest BCUT2D eigenvalue weighted by Crippen LogP contribution is 2.60. The van der Waals surface area contributed by atoms with E-state index in [-0.39, 0.29) is 6.61 Å². The van der Waals surface area contributed by atoms with Gasteiger partial charge in [0.25, 0.3) is 0 Å². The summed E-state index contributed by atoms with van der Waals surface area (Å²) < 4.78 is 6.02. The Hall–Kier alpha value is -0.870. The normalized spacial score (nSPS) is 44.6. The summed E-state index contributed by atoms with van der Waals surface area (Å²) in [6.07, 6.45) is 4.71. The van der Waals surface area contributed by atoms with Crippen molar-refractivity contribution in [2.45, 2.75) is 50.2 Å². The summed E-state index contributed by atoms with van der Waals surface area (Å²) in [5, 5.41) is 19.1. The van der Waals surface area contributed by atoms with Gasteiger partial charge in [0.2, 0.25) is 0 Å². The van der Waals surface area contributed by atoms with Gasteiger partial charge in [0.15, 0.2) is 0 Å². The minimum Gasteiger partial charge on any atom is -0.481 e. The van der Waals surface area contributed by atoms with Gasteiger partial charge in [-0.1, -0.05) is 13.0 Å². The number of fused-ring (bicyclic) bond motifs is 2. The predicted molar refractivity (Wildman–Crippen MR) is 62.7 cm³/mol. The maximum absolute atomic E-state index is 11.7. The van der Waals surface area contributed by atoms with E-state index in [1.165, 1.54) is 0 Å². The van der Waals surface area contributed by atoms with E-state index in [1.807, 2.05) is 6.92 Å². The molecular weight excluding hydrogens is 220 g/mol. The third-order valence-corrected chi connectivity index (χ3v) is 4.62. The van der Waals surface area contributed by atoms with Crippen LogP contribution in [0.1, 0.15) is 39.0 Å². The number of ether oxygens (including phenoxy) is 1. The topological polar surface area (TPSA) is 66.8 Å². The van der Waals surface area contributed by atoms with Gasteiger partial charge in [-0.15, -0.1) is 6.58 Å². The molecule has 0 radical (unpaired) electrons. The molecular formula is C13H20O4. The molecule has 2 aliphatic rings. The molecule has 3 atom stereocenters. The number of rotatable bonds is 4. The third kappa shape index (κ3) is 1.40. The van der Waals surface area contributed by atoms with Gasteiger partial charge < -0.3 is 14.9 Å². The molecule has 0 spiro atoms. The summed E-state index contributed by atoms with van der Waals surface area (Å²) in [4.78, 5) is 11.7. The maximum atomic E-state index is 11.7. The second-order valence-electron chi connectivity index (χ2n) is 5.31. The Morgan fingerprint density at radius 3 is 2.71 bits per heavy atom. The van der Waals surface area contributed by atoms with Crippen molar-refractivity contribution in [3.63, 3.8) is 0 Å². The van der Waals surface area contributed by atoms with E-state index in [0.717, 1.165) is 12.8 Å². The summed E-state index contributed by atoms with van der Waals surface area (Å²) in [5.41, 5.74) is -2.43. The van der Waals surface area contributed by atoms with Gasteiger partial charge in [0.05, 0.1) is 12.2 Å². The molecule has 17 heavy (non-hydrogen) atoms. The first-order valence-electron chi connectivity index (χ1n) is 6.18. The minimum atomic E-state index is -0.912. The molecule has 4 nitrogen and oxygen atoms in total. The molecule has 1 aliphatic carbocycles. The molecule has 1 heterocycles. The van der Waals surface area contributed by atoms with Gasteiger partial charge in [-0.2, -0.15) is 0 Å². The molecule has 1 saturated heterocycles. The molecule has 0 aromatic rings. The van der Waals surface area contributed by atoms with E-state index in [9.17, 15) is 15.0 Å². The van der Waals surface area contributed by atoms with Crippen LogP contribution in [0.25, 0.3) is 0 Å². The third-order valence-electron chi connectivity index (χ3n) is 4.62. The number of hydrogen-bond acceptors (Lipinski definition) is 3. The summed E-state index contributed by atoms with van der Waals surface area (Å²) in [5.74, 6) is -0.825. The quantitative estimate of drug-likeness (QED) is 0.734. The first-order valence-corrected chi connectivity index (χ1v) is 6.18. The van der Waals surface area contributed by atoms with Gasteiger partial charge in [0.1, 0.15) is 11.0 Å². The highest BCUT2D eigenvalue weighted by Gasteiger charge is 2.68. The van der Waals surface area contributed by atoms with Crippen LogP contribution in [0.3, 0.4) is 0 Å². The number of carboxylic acids is 1. The number of aliphatic hydroxyl groups is 1. The predicted octanol–water partition coefficient (Wildman–Crippen LogP) is 1.73. The van der Waals surface area contributed by atoms with Gasteiger partial charge >= 0.3 is 5.97 Å². The number of carbonyl (C=O) groups is 1. The van der Waals surface area contributed by atoms with Crippen LogP contribution < -0.4 is 0 Å². The van der Waals surface area contributed by atoms with E-state index in [0.29, 0.717) is 19.3 Å². The van der Waals surface area contributed by atoms with Crippen molar-refractivity contribution in [2.75, 3.05) is 6.61 Å². The fourth-order valence-corrected chi connectivity index (χ4v) is 3.69. The van der Waals surface area contributed by atoms with Crippen molar-refractivity contribution >= 4 is 5.97 Å². The summed E-state index contributed by atoms with van der Waals surface area (Å²) in [6, 6.07) is 0. The molecule has 0 aromatic carbocycles. The molecule has 2 fully saturated rings. The number of aliphatic hydroxyl groups excluding tert-OH is 1. The highest BCUT2D eigenvalue weighted by atomic mass is 16.5. The van der Waals surface area contributed by atoms with Gasteiger partial charge in [-0.3, -0.25) is 4.79 Å². The van der Waals surface area contributed by atoms with Crippen molar-refractivity contribution in [3.05, 3.63) is 12.7 Å². The fourth-order valence-electron chi connectivity index (χ4n) is 3.69. The van der Waals surface area contributed by atoms with Crippen molar-refractivity contribution < 1.29 is 19.7 Å². The Labute approximate surface area is 101 Å². The molecule has 96 valence electrons. The molecule has 0 aromatic heterocycles. The van der Waals surface area contributed by atoms with Gasteiger partial charge in [0, 0.05) is 0 Å². The second kappa shape index (κ2) is 3.82. The lowest BCUT2D eigenvalue weighted by atomic mass is 9.62. The summed E-state index contributed by atoms with van der Waals surface area (Å²) in [6.45, 7) is 5.57. The lowest BCUT2D eigenvalue weighted by molar-refractivity contribution is -0.159. The lowest BCUT2D eigenvalue weighted by Gasteiger charge is -2.38. The Morgan fingerprint density at radius 2 is 2.24 bits per heavy atom. The zero-order valence-electron chi connectivity index (χ0n) is 10.2. The van der Waals surface area contributed by atoms with E-state index in [4.69, 9.17) is 4.74 Å². The molecule has 2 bridgehead atoms. The summed E-state index contributed by atoms with van der Waals surface area (Å²) >= 11 is 0. The standard InChI is InChI=1S/C13H20O4/c1-3-13(4-2)12(10(15)16)7-5-6-11(8-12,9-14)17-13/h3,14H,1,4-9H2,2H3,(H,15,16)/t11-,12+,13-/m1/s1. The minimum absolute atomic E-state index is 0.113. The van der Waals surface area contributed by atoms with E-state index in [2.05, 4.69) is 6.58 Å². The van der Waals surface area contributed by atoms with Gasteiger partial charge in [-0.05, 0) is 32.1 Å². The molecule has 0 amide bonds. The first kappa shape index (κ1) is 12.6. The lowest BCUT2D eigenvalue weighted by Crippen LogP contribution is -2.48. The van der Waals surface area contributed by atoms with Crippen LogP contribution in [0.4, 0.5) is 0 Å². The van der Waals surface area contributed by atoms with Crippen molar-refractivity contribution in [1.82, 2.24) is 0 Å². The van der Waals surface area contributed by atoms with Crippen LogP contribution in [0.5, 0.6) is 0 Å². The smallest absolute Gasteiger partial charge is 0.313 e. The molecule has 1 saturated carbocycles. The number of hydrogen-bond donors (Lipinski definition) is 2. The van der Waals surface area contributed by atoms with Crippen LogP contribution in [-0.4, -0.2) is 34.0 Å². The van der Waals surface area contributed by atoms with E-state index in [1.54, 1.807) is 6.08 Å². The molecule has 1 aliphatic heterocycles. The van der Waals surface area contributed by atoms with Crippen LogP contribution in [-0.2, 0) is 9.53 Å². The Balaban J connectivity index is 2.53.